The average Bonchev–Trinajstić information content (AvgIpc) is 3.31. The van der Waals surface area contributed by atoms with Crippen molar-refractivity contribution in [1.82, 2.24) is 5.32 Å². The number of hydrogen-bond acceptors (Lipinski definition) is 5. The lowest BCUT2D eigenvalue weighted by molar-refractivity contribution is -0.143. The molecule has 0 fully saturated rings. The van der Waals surface area contributed by atoms with Crippen LogP contribution in [0.3, 0.4) is 0 Å². The smallest absolute Gasteiger partial charge is 0.305 e. The second kappa shape index (κ2) is 55.2. The van der Waals surface area contributed by atoms with Crippen molar-refractivity contribution in [2.45, 2.75) is 341 Å². The number of carbonyl (C=O) groups excluding carboxylic acids is 2. The molecule has 386 valence electrons. The monoisotopic (exact) mass is 918 g/mol. The molecule has 0 rings (SSSR count). The maximum atomic E-state index is 12.5. The highest BCUT2D eigenvalue weighted by molar-refractivity contribution is 5.76. The van der Waals surface area contributed by atoms with Crippen LogP contribution >= 0.6 is 0 Å². The van der Waals surface area contributed by atoms with E-state index in [4.69, 9.17) is 4.74 Å². The van der Waals surface area contributed by atoms with Crippen molar-refractivity contribution < 1.29 is 24.5 Å². The van der Waals surface area contributed by atoms with Crippen molar-refractivity contribution in [2.24, 2.45) is 0 Å². The summed E-state index contributed by atoms with van der Waals surface area (Å²) in [5.74, 6) is -0.0397. The third kappa shape index (κ3) is 51.8. The molecule has 0 aromatic carbocycles. The lowest BCUT2D eigenvalue weighted by Gasteiger charge is -2.22. The Labute approximate surface area is 406 Å². The van der Waals surface area contributed by atoms with E-state index in [2.05, 4.69) is 31.3 Å². The van der Waals surface area contributed by atoms with Gasteiger partial charge in [-0.2, -0.15) is 0 Å². The van der Waals surface area contributed by atoms with Gasteiger partial charge in [-0.25, -0.2) is 0 Å². The standard InChI is InChI=1S/C59H115NO5/c1-3-5-7-9-11-13-15-17-19-25-29-33-37-41-45-49-53-59(64)65-54-50-46-42-38-34-30-26-22-20-21-24-28-32-36-40-44-48-52-58(63)60-56(55-61)57(62)51-47-43-39-35-31-27-23-18-16-14-12-10-8-6-4-2/h19,25,56-57,61-62H,3-18,20-24,26-55H2,1-2H3,(H,60,63)/b25-19-. The van der Waals surface area contributed by atoms with Crippen LogP contribution in [-0.2, 0) is 14.3 Å². The summed E-state index contributed by atoms with van der Waals surface area (Å²) in [6, 6.07) is -0.545. The fraction of sp³-hybridized carbons (Fsp3) is 0.932. The van der Waals surface area contributed by atoms with E-state index in [-0.39, 0.29) is 18.5 Å². The molecule has 0 bridgehead atoms. The number of aliphatic hydroxyl groups excluding tert-OH is 2. The molecule has 0 heterocycles. The van der Waals surface area contributed by atoms with Gasteiger partial charge in [-0.05, 0) is 51.4 Å². The van der Waals surface area contributed by atoms with Gasteiger partial charge >= 0.3 is 5.97 Å². The summed E-state index contributed by atoms with van der Waals surface area (Å²) < 4.78 is 5.48. The second-order valence-corrected chi connectivity index (χ2v) is 20.3. The van der Waals surface area contributed by atoms with Gasteiger partial charge in [-0.15, -0.1) is 0 Å². The fourth-order valence-electron chi connectivity index (χ4n) is 9.28. The summed E-state index contributed by atoms with van der Waals surface area (Å²) in [5.41, 5.74) is 0. The zero-order chi connectivity index (χ0) is 47.2. The predicted molar refractivity (Wildman–Crippen MR) is 283 cm³/mol. The number of rotatable bonds is 55. The molecule has 2 unspecified atom stereocenters. The molecule has 6 nitrogen and oxygen atoms in total. The number of carbonyl (C=O) groups is 2. The van der Waals surface area contributed by atoms with Crippen LogP contribution in [0.5, 0.6) is 0 Å². The lowest BCUT2D eigenvalue weighted by Crippen LogP contribution is -2.45. The molecular weight excluding hydrogens is 803 g/mol. The third-order valence-corrected chi connectivity index (χ3v) is 13.8. The molecule has 65 heavy (non-hydrogen) atoms. The Hall–Kier alpha value is -1.40. The largest absolute Gasteiger partial charge is 0.466 e. The van der Waals surface area contributed by atoms with Crippen LogP contribution in [0.25, 0.3) is 0 Å². The Kier molecular flexibility index (Phi) is 54.0. The van der Waals surface area contributed by atoms with Crippen molar-refractivity contribution in [3.8, 4) is 0 Å². The molecule has 0 aliphatic carbocycles. The van der Waals surface area contributed by atoms with Gasteiger partial charge in [0.2, 0.25) is 5.91 Å². The normalized spacial score (nSPS) is 12.6. The Morgan fingerprint density at radius 1 is 0.415 bits per heavy atom. The van der Waals surface area contributed by atoms with E-state index in [1.54, 1.807) is 0 Å². The van der Waals surface area contributed by atoms with E-state index < -0.39 is 12.1 Å². The molecule has 0 radical (unpaired) electrons. The molecule has 0 spiro atoms. The van der Waals surface area contributed by atoms with Crippen LogP contribution in [0.15, 0.2) is 12.2 Å². The minimum atomic E-state index is -0.667. The number of nitrogens with one attached hydrogen (secondary N) is 1. The first-order chi connectivity index (χ1) is 32.0. The number of hydrogen-bond donors (Lipinski definition) is 3. The second-order valence-electron chi connectivity index (χ2n) is 20.3. The molecule has 0 saturated carbocycles. The topological polar surface area (TPSA) is 95.9 Å². The highest BCUT2D eigenvalue weighted by Gasteiger charge is 2.20. The molecule has 0 aliphatic rings. The Morgan fingerprint density at radius 2 is 0.723 bits per heavy atom. The van der Waals surface area contributed by atoms with Gasteiger partial charge in [-0.3, -0.25) is 9.59 Å². The van der Waals surface area contributed by atoms with Crippen molar-refractivity contribution >= 4 is 11.9 Å². The fourth-order valence-corrected chi connectivity index (χ4v) is 9.28. The van der Waals surface area contributed by atoms with Crippen molar-refractivity contribution in [1.29, 1.82) is 0 Å². The lowest BCUT2D eigenvalue weighted by atomic mass is 10.0. The molecule has 1 amide bonds. The Balaban J connectivity index is 3.40. The number of unbranched alkanes of at least 4 members (excludes halogenated alkanes) is 42. The summed E-state index contributed by atoms with van der Waals surface area (Å²) in [7, 11) is 0. The van der Waals surface area contributed by atoms with Gasteiger partial charge < -0.3 is 20.3 Å². The predicted octanol–water partition coefficient (Wildman–Crippen LogP) is 18.1. The van der Waals surface area contributed by atoms with E-state index in [9.17, 15) is 19.8 Å². The quantitative estimate of drug-likeness (QED) is 0.0321. The third-order valence-electron chi connectivity index (χ3n) is 13.8. The molecule has 0 aromatic heterocycles. The van der Waals surface area contributed by atoms with E-state index in [1.807, 2.05) is 0 Å². The number of ether oxygens (including phenoxy) is 1. The van der Waals surface area contributed by atoms with E-state index in [1.165, 1.54) is 250 Å². The van der Waals surface area contributed by atoms with Crippen molar-refractivity contribution in [3.63, 3.8) is 0 Å². The summed E-state index contributed by atoms with van der Waals surface area (Å²) in [5, 5.41) is 23.3. The van der Waals surface area contributed by atoms with Gasteiger partial charge in [0.15, 0.2) is 0 Å². The Bertz CT molecular complexity index is 970. The van der Waals surface area contributed by atoms with E-state index >= 15 is 0 Å². The van der Waals surface area contributed by atoms with E-state index in [0.29, 0.717) is 25.9 Å². The average molecular weight is 919 g/mol. The van der Waals surface area contributed by atoms with Crippen LogP contribution in [0, 0.1) is 0 Å². The molecule has 2 atom stereocenters. The van der Waals surface area contributed by atoms with Crippen LogP contribution < -0.4 is 5.32 Å². The van der Waals surface area contributed by atoms with Crippen LogP contribution in [0.4, 0.5) is 0 Å². The number of aliphatic hydroxyl groups is 2. The highest BCUT2D eigenvalue weighted by Crippen LogP contribution is 2.17. The van der Waals surface area contributed by atoms with Crippen molar-refractivity contribution in [2.75, 3.05) is 13.2 Å². The van der Waals surface area contributed by atoms with Gasteiger partial charge in [0, 0.05) is 12.8 Å². The number of esters is 1. The summed E-state index contributed by atoms with van der Waals surface area (Å²) in [6.07, 6.45) is 64.8. The molecule has 3 N–H and O–H groups in total. The van der Waals surface area contributed by atoms with Gasteiger partial charge in [0.25, 0.3) is 0 Å². The van der Waals surface area contributed by atoms with Gasteiger partial charge in [0.05, 0.1) is 25.4 Å². The minimum Gasteiger partial charge on any atom is -0.466 e. The summed E-state index contributed by atoms with van der Waals surface area (Å²) in [6.45, 7) is 4.95. The maximum Gasteiger partial charge on any atom is 0.305 e. The zero-order valence-electron chi connectivity index (χ0n) is 44.0. The SMILES string of the molecule is CCCCCCCCC/C=C\CCCCCCCC(=O)OCCCCCCCCCCCCCCCCCCCC(=O)NC(CO)C(O)CCCCCCCCCCCCCCCCC. The summed E-state index contributed by atoms with van der Waals surface area (Å²) in [4.78, 5) is 24.5. The molecule has 0 saturated heterocycles. The van der Waals surface area contributed by atoms with Gasteiger partial charge in [0.1, 0.15) is 0 Å². The van der Waals surface area contributed by atoms with Crippen molar-refractivity contribution in [3.05, 3.63) is 12.2 Å². The number of allylic oxidation sites excluding steroid dienone is 2. The van der Waals surface area contributed by atoms with Crippen LogP contribution in [0.2, 0.25) is 0 Å². The summed E-state index contributed by atoms with van der Waals surface area (Å²) >= 11 is 0. The Morgan fingerprint density at radius 3 is 1.09 bits per heavy atom. The highest BCUT2D eigenvalue weighted by atomic mass is 16.5. The van der Waals surface area contributed by atoms with E-state index in [0.717, 1.165) is 44.9 Å². The first-order valence-electron chi connectivity index (χ1n) is 29.4. The number of amides is 1. The zero-order valence-corrected chi connectivity index (χ0v) is 44.0. The molecule has 0 aromatic rings. The minimum absolute atomic E-state index is 0.00131. The molecular formula is C59H115NO5. The molecule has 0 aliphatic heterocycles. The van der Waals surface area contributed by atoms with Crippen LogP contribution in [0.1, 0.15) is 328 Å². The first kappa shape index (κ1) is 63.6. The molecule has 6 heteroatoms. The van der Waals surface area contributed by atoms with Crippen LogP contribution in [-0.4, -0.2) is 47.4 Å². The maximum absolute atomic E-state index is 12.5. The first-order valence-corrected chi connectivity index (χ1v) is 29.4. The van der Waals surface area contributed by atoms with Gasteiger partial charge in [-0.1, -0.05) is 276 Å².